The quantitative estimate of drug-likeness (QED) is 0.905. The first-order valence-corrected chi connectivity index (χ1v) is 7.29. The van der Waals surface area contributed by atoms with Gasteiger partial charge in [-0.1, -0.05) is 0 Å². The van der Waals surface area contributed by atoms with Crippen molar-refractivity contribution >= 4 is 11.8 Å². The number of hydrogen-bond donors (Lipinski definition) is 1. The molecule has 0 amide bonds. The van der Waals surface area contributed by atoms with Gasteiger partial charge in [0.2, 0.25) is 0 Å². The lowest BCUT2D eigenvalue weighted by atomic mass is 9.95. The van der Waals surface area contributed by atoms with Crippen molar-refractivity contribution in [1.82, 2.24) is 4.98 Å². The molecule has 116 valence electrons. The highest BCUT2D eigenvalue weighted by Gasteiger charge is 2.36. The minimum Gasteiger partial charge on any atom is -0.477 e. The smallest absolute Gasteiger partial charge is 0.354 e. The number of hydrogen-bond acceptors (Lipinski definition) is 6. The van der Waals surface area contributed by atoms with Crippen molar-refractivity contribution < 1.29 is 19.4 Å². The Morgan fingerprint density at radius 3 is 2.64 bits per heavy atom. The van der Waals surface area contributed by atoms with Crippen molar-refractivity contribution in [3.05, 3.63) is 23.4 Å². The van der Waals surface area contributed by atoms with Gasteiger partial charge >= 0.3 is 5.97 Å². The van der Waals surface area contributed by atoms with Crippen LogP contribution in [0.3, 0.4) is 0 Å². The van der Waals surface area contributed by atoms with E-state index in [1.165, 1.54) is 12.1 Å². The number of nitrogens with zero attached hydrogens (tertiary/aromatic N) is 3. The largest absolute Gasteiger partial charge is 0.477 e. The summed E-state index contributed by atoms with van der Waals surface area (Å²) in [5, 5.41) is 18.2. The Morgan fingerprint density at radius 2 is 2.09 bits per heavy atom. The second-order valence-corrected chi connectivity index (χ2v) is 5.52. The van der Waals surface area contributed by atoms with Crippen molar-refractivity contribution in [2.24, 2.45) is 5.92 Å². The molecule has 1 N–H and O–H groups in total. The van der Waals surface area contributed by atoms with Gasteiger partial charge in [-0.2, -0.15) is 5.26 Å². The molecule has 0 radical (unpaired) electrons. The molecular weight excluding hydrogens is 286 g/mol. The van der Waals surface area contributed by atoms with E-state index in [2.05, 4.69) is 11.1 Å². The first-order chi connectivity index (χ1) is 10.6. The van der Waals surface area contributed by atoms with Gasteiger partial charge in [-0.25, -0.2) is 9.78 Å². The van der Waals surface area contributed by atoms with Crippen LogP contribution in [-0.2, 0) is 9.47 Å². The zero-order valence-electron chi connectivity index (χ0n) is 12.2. The molecule has 0 unspecified atom stereocenters. The van der Waals surface area contributed by atoms with Crippen LogP contribution in [0, 0.1) is 17.2 Å². The summed E-state index contributed by atoms with van der Waals surface area (Å²) in [5.41, 5.74) is 0.351. The van der Waals surface area contributed by atoms with Gasteiger partial charge in [0.25, 0.3) is 0 Å². The molecule has 7 heteroatoms. The number of aromatic nitrogens is 1. The summed E-state index contributed by atoms with van der Waals surface area (Å²) in [4.78, 5) is 17.1. The van der Waals surface area contributed by atoms with E-state index >= 15 is 0 Å². The second kappa shape index (κ2) is 5.91. The molecule has 0 aliphatic carbocycles. The normalized spacial score (nSPS) is 25.4. The lowest BCUT2D eigenvalue weighted by molar-refractivity contribution is -0.393. The van der Waals surface area contributed by atoms with E-state index in [4.69, 9.17) is 14.6 Å². The molecule has 7 nitrogen and oxygen atoms in total. The van der Waals surface area contributed by atoms with Gasteiger partial charge in [0.15, 0.2) is 18.3 Å². The van der Waals surface area contributed by atoms with Crippen LogP contribution >= 0.6 is 0 Å². The highest BCUT2D eigenvalue weighted by molar-refractivity contribution is 5.86. The van der Waals surface area contributed by atoms with E-state index in [9.17, 15) is 10.1 Å². The van der Waals surface area contributed by atoms with Crippen molar-refractivity contribution in [3.63, 3.8) is 0 Å². The van der Waals surface area contributed by atoms with Crippen LogP contribution in [0.15, 0.2) is 12.1 Å². The molecule has 3 heterocycles. The number of ether oxygens (including phenoxy) is 2. The number of rotatable bonds is 3. The number of anilines is 1. The fraction of sp³-hybridized carbons (Fsp3) is 0.533. The molecule has 2 aliphatic rings. The van der Waals surface area contributed by atoms with E-state index in [-0.39, 0.29) is 18.3 Å². The number of nitriles is 1. The van der Waals surface area contributed by atoms with Gasteiger partial charge in [0.05, 0.1) is 5.56 Å². The Morgan fingerprint density at radius 1 is 1.41 bits per heavy atom. The summed E-state index contributed by atoms with van der Waals surface area (Å²) >= 11 is 0. The number of aromatic carboxylic acids is 1. The molecule has 3 rings (SSSR count). The fourth-order valence-corrected chi connectivity index (χ4v) is 2.89. The van der Waals surface area contributed by atoms with Gasteiger partial charge in [0.1, 0.15) is 11.9 Å². The van der Waals surface area contributed by atoms with Crippen molar-refractivity contribution in [2.45, 2.75) is 32.3 Å². The molecule has 0 bridgehead atoms. The average Bonchev–Trinajstić information content (AvgIpc) is 2.51. The molecule has 2 aliphatic heterocycles. The first kappa shape index (κ1) is 14.8. The van der Waals surface area contributed by atoms with Crippen molar-refractivity contribution in [1.29, 1.82) is 5.26 Å². The maximum atomic E-state index is 11.1. The summed E-state index contributed by atoms with van der Waals surface area (Å²) in [5.74, 6) is -0.309. The van der Waals surface area contributed by atoms with E-state index in [1.807, 2.05) is 11.8 Å². The summed E-state index contributed by atoms with van der Waals surface area (Å²) in [6.07, 6.45) is 1.47. The lowest BCUT2D eigenvalue weighted by Gasteiger charge is -2.42. The van der Waals surface area contributed by atoms with Gasteiger partial charge in [-0.3, -0.25) is 0 Å². The van der Waals surface area contributed by atoms with Crippen LogP contribution < -0.4 is 4.90 Å². The highest BCUT2D eigenvalue weighted by atomic mass is 16.9. The Labute approximate surface area is 128 Å². The van der Waals surface area contributed by atoms with Crippen LogP contribution in [0.2, 0.25) is 0 Å². The van der Waals surface area contributed by atoms with Crippen LogP contribution in [0.4, 0.5) is 5.82 Å². The molecule has 1 aromatic rings. The van der Waals surface area contributed by atoms with E-state index in [0.29, 0.717) is 30.4 Å². The molecule has 0 aromatic carbocycles. The average molecular weight is 303 g/mol. The Balaban J connectivity index is 1.71. The lowest BCUT2D eigenvalue weighted by Crippen LogP contribution is -2.48. The third kappa shape index (κ3) is 2.75. The predicted molar refractivity (Wildman–Crippen MR) is 76.3 cm³/mol. The van der Waals surface area contributed by atoms with Gasteiger partial charge in [0, 0.05) is 19.0 Å². The monoisotopic (exact) mass is 303 g/mol. The van der Waals surface area contributed by atoms with Crippen LogP contribution in [0.5, 0.6) is 0 Å². The fourth-order valence-electron chi connectivity index (χ4n) is 2.89. The Kier molecular flexibility index (Phi) is 3.96. The Hall–Kier alpha value is -2.17. The SMILES string of the molecule is CC1OC(C2CCN(c3nc(C(=O)O)ccc3C#N)CC2)O1. The van der Waals surface area contributed by atoms with Crippen molar-refractivity contribution in [2.75, 3.05) is 18.0 Å². The standard InChI is InChI=1S/C15H17N3O4/c1-9-21-15(22-9)10-4-6-18(7-5-10)13-11(8-16)2-3-12(17-13)14(19)20/h2-3,9-10,15H,4-7H2,1H3,(H,19,20). The number of pyridine rings is 1. The molecule has 0 saturated carbocycles. The highest BCUT2D eigenvalue weighted by Crippen LogP contribution is 2.32. The maximum absolute atomic E-state index is 11.1. The molecular formula is C15H17N3O4. The summed E-state index contributed by atoms with van der Waals surface area (Å²) < 4.78 is 11.1. The maximum Gasteiger partial charge on any atom is 0.354 e. The van der Waals surface area contributed by atoms with Gasteiger partial charge in [-0.05, 0) is 31.9 Å². The predicted octanol–water partition coefficient (Wildman–Crippen LogP) is 1.59. The first-order valence-electron chi connectivity index (χ1n) is 7.29. The van der Waals surface area contributed by atoms with Crippen LogP contribution in [0.25, 0.3) is 0 Å². The zero-order valence-corrected chi connectivity index (χ0v) is 12.2. The third-order valence-electron chi connectivity index (χ3n) is 4.09. The minimum atomic E-state index is -1.09. The second-order valence-electron chi connectivity index (χ2n) is 5.52. The minimum absolute atomic E-state index is 0.0457. The number of piperidine rings is 1. The molecule has 0 spiro atoms. The van der Waals surface area contributed by atoms with Crippen LogP contribution in [0.1, 0.15) is 35.8 Å². The number of carbonyl (C=O) groups is 1. The number of carboxylic acids is 1. The summed E-state index contributed by atoms with van der Waals surface area (Å²) in [6, 6.07) is 4.94. The van der Waals surface area contributed by atoms with Crippen LogP contribution in [-0.4, -0.2) is 41.7 Å². The third-order valence-corrected chi connectivity index (χ3v) is 4.09. The van der Waals surface area contributed by atoms with Gasteiger partial charge in [-0.15, -0.1) is 0 Å². The van der Waals surface area contributed by atoms with E-state index in [1.54, 1.807) is 0 Å². The topological polar surface area (TPSA) is 95.7 Å². The molecule has 1 aromatic heterocycles. The summed E-state index contributed by atoms with van der Waals surface area (Å²) in [6.45, 7) is 3.27. The summed E-state index contributed by atoms with van der Waals surface area (Å²) in [7, 11) is 0. The van der Waals surface area contributed by atoms with E-state index < -0.39 is 5.97 Å². The van der Waals surface area contributed by atoms with Gasteiger partial charge < -0.3 is 19.5 Å². The molecule has 0 atom stereocenters. The van der Waals surface area contributed by atoms with Crippen molar-refractivity contribution in [3.8, 4) is 6.07 Å². The molecule has 22 heavy (non-hydrogen) atoms. The number of carboxylic acid groups (broad SMARTS) is 1. The molecule has 2 saturated heterocycles. The Bertz CT molecular complexity index is 614. The molecule has 2 fully saturated rings. The zero-order chi connectivity index (χ0) is 15.7. The van der Waals surface area contributed by atoms with E-state index in [0.717, 1.165) is 12.8 Å².